The van der Waals surface area contributed by atoms with Crippen molar-refractivity contribution in [2.24, 2.45) is 5.92 Å². The number of nitrogens with one attached hydrogen (secondary N) is 2. The van der Waals surface area contributed by atoms with Crippen molar-refractivity contribution in [1.29, 1.82) is 0 Å². The maximum Gasteiger partial charge on any atom is 0.254 e. The van der Waals surface area contributed by atoms with Gasteiger partial charge in [-0.05, 0) is 53.1 Å². The minimum Gasteiger partial charge on any atom is -0.342 e. The third-order valence-electron chi connectivity index (χ3n) is 4.55. The molecule has 0 fully saturated rings. The monoisotopic (exact) mass is 409 g/mol. The molecule has 4 rings (SSSR count). The summed E-state index contributed by atoms with van der Waals surface area (Å²) in [6, 6.07) is 12.5. The van der Waals surface area contributed by atoms with Crippen molar-refractivity contribution in [1.82, 2.24) is 35.5 Å². The molecule has 0 saturated heterocycles. The summed E-state index contributed by atoms with van der Waals surface area (Å²) < 4.78 is 1.42. The first-order chi connectivity index (χ1) is 14.0. The minimum atomic E-state index is -0.271. The molecule has 0 aliphatic heterocycles. The number of hydrogen-bond acceptors (Lipinski definition) is 5. The second-order valence-corrected chi connectivity index (χ2v) is 7.65. The van der Waals surface area contributed by atoms with Crippen molar-refractivity contribution >= 4 is 28.5 Å². The summed E-state index contributed by atoms with van der Waals surface area (Å²) in [5.41, 5.74) is 2.73. The van der Waals surface area contributed by atoms with Crippen LogP contribution in [0.2, 0.25) is 5.02 Å². The van der Waals surface area contributed by atoms with E-state index < -0.39 is 0 Å². The molecule has 1 unspecified atom stereocenters. The zero-order valence-electron chi connectivity index (χ0n) is 16.0. The van der Waals surface area contributed by atoms with Crippen LogP contribution in [0.25, 0.3) is 16.7 Å². The van der Waals surface area contributed by atoms with E-state index in [0.717, 1.165) is 23.3 Å². The largest absolute Gasteiger partial charge is 0.342 e. The average Bonchev–Trinajstić information content (AvgIpc) is 3.36. The first-order valence-electron chi connectivity index (χ1n) is 9.29. The SMILES string of the molecule is CC(C)CC(NC(=O)c1ccc(Cl)cc1-n1cnnn1)c1nc2ccccc2[nH]1. The van der Waals surface area contributed by atoms with Gasteiger partial charge in [0.05, 0.1) is 28.3 Å². The fourth-order valence-electron chi connectivity index (χ4n) is 3.24. The van der Waals surface area contributed by atoms with Crippen LogP contribution in [0, 0.1) is 5.92 Å². The lowest BCUT2D eigenvalue weighted by Gasteiger charge is -2.19. The summed E-state index contributed by atoms with van der Waals surface area (Å²) in [4.78, 5) is 21.2. The van der Waals surface area contributed by atoms with Gasteiger partial charge in [-0.3, -0.25) is 4.79 Å². The highest BCUT2D eigenvalue weighted by atomic mass is 35.5. The number of aromatic nitrogens is 6. The van der Waals surface area contributed by atoms with Gasteiger partial charge in [0.2, 0.25) is 0 Å². The molecule has 2 N–H and O–H groups in total. The minimum absolute atomic E-state index is 0.252. The van der Waals surface area contributed by atoms with E-state index >= 15 is 0 Å². The maximum absolute atomic E-state index is 13.2. The first-order valence-corrected chi connectivity index (χ1v) is 9.67. The zero-order valence-corrected chi connectivity index (χ0v) is 16.8. The van der Waals surface area contributed by atoms with Gasteiger partial charge in [0.25, 0.3) is 5.91 Å². The Bertz CT molecular complexity index is 1100. The predicted molar refractivity (Wildman–Crippen MR) is 110 cm³/mol. The third-order valence-corrected chi connectivity index (χ3v) is 4.79. The normalized spacial score (nSPS) is 12.4. The van der Waals surface area contributed by atoms with E-state index in [1.807, 2.05) is 24.3 Å². The molecule has 1 atom stereocenters. The lowest BCUT2D eigenvalue weighted by atomic mass is 10.0. The fourth-order valence-corrected chi connectivity index (χ4v) is 3.41. The predicted octanol–water partition coefficient (Wildman–Crippen LogP) is 3.71. The number of benzene rings is 2. The number of hydrogen-bond donors (Lipinski definition) is 2. The topological polar surface area (TPSA) is 101 Å². The number of nitrogens with zero attached hydrogens (tertiary/aromatic N) is 5. The molecule has 4 aromatic rings. The van der Waals surface area contributed by atoms with E-state index in [0.29, 0.717) is 22.2 Å². The summed E-state index contributed by atoms with van der Waals surface area (Å²) in [5, 5.41) is 14.8. The average molecular weight is 410 g/mol. The van der Waals surface area contributed by atoms with Gasteiger partial charge in [-0.25, -0.2) is 4.98 Å². The molecule has 9 heteroatoms. The number of aromatic amines is 1. The highest BCUT2D eigenvalue weighted by molar-refractivity contribution is 6.31. The summed E-state index contributed by atoms with van der Waals surface area (Å²) in [5.74, 6) is 0.835. The maximum atomic E-state index is 13.2. The Kier molecular flexibility index (Phi) is 5.26. The van der Waals surface area contributed by atoms with Crippen LogP contribution in [0.4, 0.5) is 0 Å². The summed E-state index contributed by atoms with van der Waals surface area (Å²) >= 11 is 6.13. The van der Waals surface area contributed by atoms with Crippen molar-refractivity contribution in [3.8, 4) is 5.69 Å². The van der Waals surface area contributed by atoms with Crippen molar-refractivity contribution in [2.75, 3.05) is 0 Å². The number of halogens is 1. The van der Waals surface area contributed by atoms with E-state index in [4.69, 9.17) is 11.6 Å². The van der Waals surface area contributed by atoms with Crippen molar-refractivity contribution < 1.29 is 4.79 Å². The Morgan fingerprint density at radius 2 is 2.07 bits per heavy atom. The van der Waals surface area contributed by atoms with Crippen molar-refractivity contribution in [3.63, 3.8) is 0 Å². The Morgan fingerprint density at radius 3 is 2.79 bits per heavy atom. The first kappa shape index (κ1) is 19.1. The highest BCUT2D eigenvalue weighted by Gasteiger charge is 2.22. The van der Waals surface area contributed by atoms with Crippen LogP contribution in [-0.2, 0) is 0 Å². The van der Waals surface area contributed by atoms with Gasteiger partial charge in [0, 0.05) is 5.02 Å². The molecule has 29 heavy (non-hydrogen) atoms. The third kappa shape index (κ3) is 4.12. The molecule has 8 nitrogen and oxygen atoms in total. The Labute approximate surface area is 172 Å². The van der Waals surface area contributed by atoms with Gasteiger partial charge in [-0.2, -0.15) is 4.68 Å². The molecule has 2 aromatic heterocycles. The van der Waals surface area contributed by atoms with E-state index in [1.54, 1.807) is 18.2 Å². The zero-order chi connectivity index (χ0) is 20.4. The highest BCUT2D eigenvalue weighted by Crippen LogP contribution is 2.24. The van der Waals surface area contributed by atoms with E-state index in [9.17, 15) is 4.79 Å². The van der Waals surface area contributed by atoms with Crippen molar-refractivity contribution in [2.45, 2.75) is 26.3 Å². The molecule has 0 bridgehead atoms. The molecule has 1 amide bonds. The molecule has 2 aromatic carbocycles. The Balaban J connectivity index is 1.67. The molecule has 148 valence electrons. The van der Waals surface area contributed by atoms with Crippen LogP contribution >= 0.6 is 11.6 Å². The second kappa shape index (κ2) is 8.00. The van der Waals surface area contributed by atoms with E-state index in [2.05, 4.69) is 44.7 Å². The number of carbonyl (C=O) groups excluding carboxylic acids is 1. The van der Waals surface area contributed by atoms with Gasteiger partial charge >= 0.3 is 0 Å². The molecule has 0 aliphatic carbocycles. The molecule has 0 spiro atoms. The van der Waals surface area contributed by atoms with E-state index in [-0.39, 0.29) is 11.9 Å². The quantitative estimate of drug-likeness (QED) is 0.505. The fraction of sp³-hybridized carbons (Fsp3) is 0.250. The standard InChI is InChI=1S/C20H20ClN7O/c1-12(2)9-17(19-23-15-5-3-4-6-16(15)24-19)25-20(29)14-8-7-13(21)10-18(14)28-11-22-26-27-28/h3-8,10-12,17H,9H2,1-2H3,(H,23,24)(H,25,29). The lowest BCUT2D eigenvalue weighted by molar-refractivity contribution is 0.0930. The second-order valence-electron chi connectivity index (χ2n) is 7.21. The Hall–Kier alpha value is -3.26. The van der Waals surface area contributed by atoms with Gasteiger partial charge in [-0.1, -0.05) is 37.6 Å². The lowest BCUT2D eigenvalue weighted by Crippen LogP contribution is -2.31. The smallest absolute Gasteiger partial charge is 0.254 e. The number of imidazole rings is 1. The number of carbonyl (C=O) groups is 1. The Morgan fingerprint density at radius 1 is 1.24 bits per heavy atom. The summed E-state index contributed by atoms with van der Waals surface area (Å²) in [7, 11) is 0. The summed E-state index contributed by atoms with van der Waals surface area (Å²) in [6.45, 7) is 4.22. The number of para-hydroxylation sites is 2. The molecular weight excluding hydrogens is 390 g/mol. The van der Waals surface area contributed by atoms with Crippen molar-refractivity contribution in [3.05, 3.63) is 65.2 Å². The molecular formula is C20H20ClN7O. The van der Waals surface area contributed by atoms with Crippen LogP contribution < -0.4 is 5.32 Å². The number of amides is 1. The number of H-pyrrole nitrogens is 1. The molecule has 0 saturated carbocycles. The van der Waals surface area contributed by atoms with E-state index in [1.165, 1.54) is 11.0 Å². The number of fused-ring (bicyclic) bond motifs is 1. The number of tetrazole rings is 1. The van der Waals surface area contributed by atoms with Gasteiger partial charge in [-0.15, -0.1) is 5.10 Å². The van der Waals surface area contributed by atoms with Crippen LogP contribution in [-0.4, -0.2) is 36.1 Å². The van der Waals surface area contributed by atoms with Gasteiger partial charge in [0.15, 0.2) is 0 Å². The van der Waals surface area contributed by atoms with Gasteiger partial charge < -0.3 is 10.3 Å². The molecule has 0 aliphatic rings. The van der Waals surface area contributed by atoms with Crippen LogP contribution in [0.3, 0.4) is 0 Å². The van der Waals surface area contributed by atoms with Gasteiger partial charge in [0.1, 0.15) is 12.2 Å². The van der Waals surface area contributed by atoms with Crippen LogP contribution in [0.5, 0.6) is 0 Å². The molecule has 0 radical (unpaired) electrons. The van der Waals surface area contributed by atoms with Crippen LogP contribution in [0.15, 0.2) is 48.8 Å². The number of rotatable bonds is 6. The summed E-state index contributed by atoms with van der Waals surface area (Å²) in [6.07, 6.45) is 2.16. The molecule has 2 heterocycles. The van der Waals surface area contributed by atoms with Crippen LogP contribution in [0.1, 0.15) is 42.5 Å².